The van der Waals surface area contributed by atoms with Gasteiger partial charge in [-0.2, -0.15) is 0 Å². The average molecular weight is 326 g/mol. The van der Waals surface area contributed by atoms with Gasteiger partial charge in [0.05, 0.1) is 0 Å². The van der Waals surface area contributed by atoms with Gasteiger partial charge in [0.15, 0.2) is 0 Å². The van der Waals surface area contributed by atoms with Crippen LogP contribution in [0.1, 0.15) is 45.6 Å². The quantitative estimate of drug-likeness (QED) is 0.584. The number of rotatable bonds is 7. The van der Waals surface area contributed by atoms with Gasteiger partial charge in [-0.25, -0.2) is 0 Å². The van der Waals surface area contributed by atoms with Crippen molar-refractivity contribution in [2.45, 2.75) is 46.1 Å². The van der Waals surface area contributed by atoms with Crippen LogP contribution in [0.4, 0.5) is 5.69 Å². The molecular formula is C15H24BrN3. The highest BCUT2D eigenvalue weighted by molar-refractivity contribution is 9.10. The molecule has 106 valence electrons. The second-order valence-electron chi connectivity index (χ2n) is 4.88. The highest BCUT2D eigenvalue weighted by Crippen LogP contribution is 2.27. The predicted molar refractivity (Wildman–Crippen MR) is 87.2 cm³/mol. The van der Waals surface area contributed by atoms with Crippen molar-refractivity contribution in [1.29, 1.82) is 5.41 Å². The summed E-state index contributed by atoms with van der Waals surface area (Å²) in [6.45, 7) is 7.62. The van der Waals surface area contributed by atoms with Gasteiger partial charge in [0.25, 0.3) is 0 Å². The van der Waals surface area contributed by atoms with Crippen LogP contribution >= 0.6 is 15.9 Å². The monoisotopic (exact) mass is 325 g/mol. The SMILES string of the molecule is CCCCN(c1ccc(Br)cc1C(=N)N)C(C)CC. The lowest BCUT2D eigenvalue weighted by Crippen LogP contribution is -2.35. The number of hydrogen-bond acceptors (Lipinski definition) is 2. The Hall–Kier alpha value is -1.03. The maximum absolute atomic E-state index is 7.77. The fourth-order valence-electron chi connectivity index (χ4n) is 2.10. The Kier molecular flexibility index (Phi) is 6.35. The molecule has 3 nitrogen and oxygen atoms in total. The largest absolute Gasteiger partial charge is 0.384 e. The molecular weight excluding hydrogens is 302 g/mol. The molecule has 0 radical (unpaired) electrons. The summed E-state index contributed by atoms with van der Waals surface area (Å²) in [5, 5.41) is 7.77. The van der Waals surface area contributed by atoms with Crippen molar-refractivity contribution in [1.82, 2.24) is 0 Å². The molecule has 1 unspecified atom stereocenters. The van der Waals surface area contributed by atoms with E-state index < -0.39 is 0 Å². The van der Waals surface area contributed by atoms with Crippen molar-refractivity contribution in [3.05, 3.63) is 28.2 Å². The van der Waals surface area contributed by atoms with Crippen LogP contribution in [0.3, 0.4) is 0 Å². The number of nitrogens with one attached hydrogen (secondary N) is 1. The third kappa shape index (κ3) is 4.23. The Morgan fingerprint density at radius 2 is 2.11 bits per heavy atom. The molecule has 0 heterocycles. The Morgan fingerprint density at radius 1 is 1.42 bits per heavy atom. The maximum Gasteiger partial charge on any atom is 0.124 e. The molecule has 3 N–H and O–H groups in total. The summed E-state index contributed by atoms with van der Waals surface area (Å²) in [4.78, 5) is 2.37. The molecule has 1 atom stereocenters. The first-order chi connectivity index (χ1) is 9.01. The number of anilines is 1. The van der Waals surface area contributed by atoms with Crippen LogP contribution in [-0.4, -0.2) is 18.4 Å². The van der Waals surface area contributed by atoms with Gasteiger partial charge >= 0.3 is 0 Å². The minimum Gasteiger partial charge on any atom is -0.384 e. The highest BCUT2D eigenvalue weighted by Gasteiger charge is 2.17. The van der Waals surface area contributed by atoms with Crippen LogP contribution in [0.25, 0.3) is 0 Å². The number of hydrogen-bond donors (Lipinski definition) is 2. The first-order valence-electron chi connectivity index (χ1n) is 6.91. The molecule has 1 aromatic rings. The third-order valence-corrected chi connectivity index (χ3v) is 3.93. The summed E-state index contributed by atoms with van der Waals surface area (Å²) in [5.74, 6) is 0.126. The van der Waals surface area contributed by atoms with Crippen LogP contribution in [0.2, 0.25) is 0 Å². The van der Waals surface area contributed by atoms with Crippen molar-refractivity contribution in [3.63, 3.8) is 0 Å². The highest BCUT2D eigenvalue weighted by atomic mass is 79.9. The van der Waals surface area contributed by atoms with Crippen LogP contribution < -0.4 is 10.6 Å². The van der Waals surface area contributed by atoms with Gasteiger partial charge in [-0.15, -0.1) is 0 Å². The van der Waals surface area contributed by atoms with E-state index in [2.05, 4.69) is 47.7 Å². The minimum absolute atomic E-state index is 0.126. The van der Waals surface area contributed by atoms with Gasteiger partial charge in [-0.1, -0.05) is 36.2 Å². The van der Waals surface area contributed by atoms with Gasteiger partial charge in [-0.05, 0) is 38.0 Å². The molecule has 1 rings (SSSR count). The van der Waals surface area contributed by atoms with Crippen molar-refractivity contribution >= 4 is 27.5 Å². The van der Waals surface area contributed by atoms with Crippen molar-refractivity contribution in [3.8, 4) is 0 Å². The maximum atomic E-state index is 7.77. The van der Waals surface area contributed by atoms with E-state index in [4.69, 9.17) is 11.1 Å². The minimum atomic E-state index is 0.126. The average Bonchev–Trinajstić information content (AvgIpc) is 2.39. The topological polar surface area (TPSA) is 53.1 Å². The lowest BCUT2D eigenvalue weighted by atomic mass is 10.1. The third-order valence-electron chi connectivity index (χ3n) is 3.43. The first kappa shape index (κ1) is 16.0. The molecule has 0 saturated carbocycles. The zero-order chi connectivity index (χ0) is 14.4. The number of amidine groups is 1. The van der Waals surface area contributed by atoms with Crippen LogP contribution in [0.5, 0.6) is 0 Å². The zero-order valence-corrected chi connectivity index (χ0v) is 13.6. The lowest BCUT2D eigenvalue weighted by Gasteiger charge is -2.32. The molecule has 0 aliphatic carbocycles. The van der Waals surface area contributed by atoms with E-state index >= 15 is 0 Å². The van der Waals surface area contributed by atoms with E-state index in [1.165, 1.54) is 6.42 Å². The number of halogens is 1. The van der Waals surface area contributed by atoms with Gasteiger partial charge in [0, 0.05) is 28.3 Å². The smallest absolute Gasteiger partial charge is 0.124 e. The molecule has 4 heteroatoms. The summed E-state index contributed by atoms with van der Waals surface area (Å²) in [6, 6.07) is 6.45. The van der Waals surface area contributed by atoms with Gasteiger partial charge in [-0.3, -0.25) is 5.41 Å². The molecule has 0 fully saturated rings. The summed E-state index contributed by atoms with van der Waals surface area (Å²) in [5.41, 5.74) is 7.61. The van der Waals surface area contributed by atoms with Crippen LogP contribution in [-0.2, 0) is 0 Å². The Labute approximate surface area is 124 Å². The van der Waals surface area contributed by atoms with Crippen molar-refractivity contribution < 1.29 is 0 Å². The van der Waals surface area contributed by atoms with E-state index in [9.17, 15) is 0 Å². The Balaban J connectivity index is 3.17. The van der Waals surface area contributed by atoms with Gasteiger partial charge in [0.1, 0.15) is 5.84 Å². The van der Waals surface area contributed by atoms with E-state index in [1.54, 1.807) is 0 Å². The van der Waals surface area contributed by atoms with Gasteiger partial charge in [0.2, 0.25) is 0 Å². The Morgan fingerprint density at radius 3 is 2.63 bits per heavy atom. The number of unbranched alkanes of at least 4 members (excludes halogenated alkanes) is 1. The number of nitrogens with zero attached hydrogens (tertiary/aromatic N) is 1. The van der Waals surface area contributed by atoms with E-state index in [1.807, 2.05) is 12.1 Å². The summed E-state index contributed by atoms with van der Waals surface area (Å²) < 4.78 is 0.959. The molecule has 19 heavy (non-hydrogen) atoms. The van der Waals surface area contributed by atoms with E-state index in [0.717, 1.165) is 35.1 Å². The number of nitrogen functional groups attached to an aromatic ring is 1. The molecule has 0 aromatic heterocycles. The van der Waals surface area contributed by atoms with E-state index in [-0.39, 0.29) is 5.84 Å². The predicted octanol–water partition coefficient (Wildman–Crippen LogP) is 4.14. The molecule has 0 amide bonds. The fraction of sp³-hybridized carbons (Fsp3) is 0.533. The lowest BCUT2D eigenvalue weighted by molar-refractivity contribution is 0.595. The molecule has 0 aliphatic rings. The van der Waals surface area contributed by atoms with Gasteiger partial charge < -0.3 is 10.6 Å². The second-order valence-corrected chi connectivity index (χ2v) is 5.80. The number of benzene rings is 1. The molecule has 0 spiro atoms. The zero-order valence-electron chi connectivity index (χ0n) is 12.0. The standard InChI is InChI=1S/C15H24BrN3/c1-4-6-9-19(11(3)5-2)14-8-7-12(16)10-13(14)15(17)18/h7-8,10-11H,4-6,9H2,1-3H3,(H3,17,18). The van der Waals surface area contributed by atoms with Crippen molar-refractivity contribution in [2.75, 3.05) is 11.4 Å². The molecule has 0 saturated heterocycles. The molecule has 0 aliphatic heterocycles. The fourth-order valence-corrected chi connectivity index (χ4v) is 2.46. The van der Waals surface area contributed by atoms with Crippen molar-refractivity contribution in [2.24, 2.45) is 5.73 Å². The first-order valence-corrected chi connectivity index (χ1v) is 7.71. The van der Waals surface area contributed by atoms with Crippen LogP contribution in [0.15, 0.2) is 22.7 Å². The summed E-state index contributed by atoms with van der Waals surface area (Å²) in [7, 11) is 0. The van der Waals surface area contributed by atoms with E-state index in [0.29, 0.717) is 6.04 Å². The normalized spacial score (nSPS) is 12.2. The number of nitrogens with two attached hydrogens (primary N) is 1. The molecule has 0 bridgehead atoms. The molecule has 1 aromatic carbocycles. The Bertz CT molecular complexity index is 431. The second kappa shape index (κ2) is 7.53. The van der Waals surface area contributed by atoms with Crippen LogP contribution in [0, 0.1) is 5.41 Å². The summed E-state index contributed by atoms with van der Waals surface area (Å²) >= 11 is 3.45. The summed E-state index contributed by atoms with van der Waals surface area (Å²) in [6.07, 6.45) is 3.40.